The van der Waals surface area contributed by atoms with E-state index in [9.17, 15) is 19.5 Å². The highest BCUT2D eigenvalue weighted by atomic mass is 16.6. The van der Waals surface area contributed by atoms with E-state index in [1.54, 1.807) is 27.7 Å². The molecule has 0 saturated carbocycles. The first-order valence-corrected chi connectivity index (χ1v) is 9.08. The van der Waals surface area contributed by atoms with Crippen molar-refractivity contribution in [2.45, 2.75) is 91.8 Å². The molecule has 0 rings (SSSR count). The molecule has 2 amide bonds. The van der Waals surface area contributed by atoms with Gasteiger partial charge in [-0.05, 0) is 59.3 Å². The van der Waals surface area contributed by atoms with Crippen LogP contribution < -0.4 is 10.6 Å². The number of carboxylic acid groups (broad SMARTS) is 1. The Kier molecular flexibility index (Phi) is 8.13. The maximum absolute atomic E-state index is 13.0. The first kappa shape index (κ1) is 24.2. The minimum Gasteiger partial charge on any atom is -0.480 e. The standard InChI is InChI=1S/C19H36N2O5/c1-12(2)10-18(8,21-16(25)26-17(5,6)7)14(22)20-19(9,15(23)24)11-13(3)4/h12-13H,10-11H2,1-9H3,(H,20,22)(H,21,25)(H,23,24)/t18-,19-/m1/s1. The summed E-state index contributed by atoms with van der Waals surface area (Å²) in [6, 6.07) is 0. The third kappa shape index (κ3) is 8.06. The molecule has 0 heterocycles. The summed E-state index contributed by atoms with van der Waals surface area (Å²) in [5.74, 6) is -1.47. The highest BCUT2D eigenvalue weighted by Gasteiger charge is 2.43. The summed E-state index contributed by atoms with van der Waals surface area (Å²) < 4.78 is 5.26. The summed E-state index contributed by atoms with van der Waals surface area (Å²) >= 11 is 0. The Bertz CT molecular complexity index is 525. The second-order valence-corrected chi connectivity index (χ2v) is 9.25. The number of ether oxygens (including phenoxy) is 1. The lowest BCUT2D eigenvalue weighted by molar-refractivity contribution is -0.148. The zero-order valence-corrected chi connectivity index (χ0v) is 17.6. The molecule has 0 fully saturated rings. The van der Waals surface area contributed by atoms with E-state index >= 15 is 0 Å². The Morgan fingerprint density at radius 3 is 1.62 bits per heavy atom. The molecule has 3 N–H and O–H groups in total. The van der Waals surface area contributed by atoms with Gasteiger partial charge in [-0.3, -0.25) is 4.79 Å². The van der Waals surface area contributed by atoms with Crippen LogP contribution in [0.3, 0.4) is 0 Å². The Morgan fingerprint density at radius 1 is 0.846 bits per heavy atom. The lowest BCUT2D eigenvalue weighted by Crippen LogP contribution is -2.64. The van der Waals surface area contributed by atoms with Crippen molar-refractivity contribution in [2.24, 2.45) is 11.8 Å². The number of hydrogen-bond acceptors (Lipinski definition) is 4. The van der Waals surface area contributed by atoms with Crippen molar-refractivity contribution in [1.29, 1.82) is 0 Å². The molecular formula is C19H36N2O5. The Hall–Kier alpha value is -1.79. The van der Waals surface area contributed by atoms with Gasteiger partial charge in [-0.15, -0.1) is 0 Å². The second-order valence-electron chi connectivity index (χ2n) is 9.25. The smallest absolute Gasteiger partial charge is 0.408 e. The van der Waals surface area contributed by atoms with E-state index in [-0.39, 0.29) is 18.3 Å². The quantitative estimate of drug-likeness (QED) is 0.606. The number of rotatable bonds is 8. The van der Waals surface area contributed by atoms with Gasteiger partial charge in [0.1, 0.15) is 16.7 Å². The number of carbonyl (C=O) groups is 3. The van der Waals surface area contributed by atoms with Gasteiger partial charge < -0.3 is 20.5 Å². The average Bonchev–Trinajstić information content (AvgIpc) is 2.33. The Morgan fingerprint density at radius 2 is 1.27 bits per heavy atom. The molecule has 0 saturated heterocycles. The molecule has 7 heteroatoms. The summed E-state index contributed by atoms with van der Waals surface area (Å²) in [5, 5.41) is 14.8. The largest absolute Gasteiger partial charge is 0.480 e. The van der Waals surface area contributed by atoms with Crippen LogP contribution in [0.2, 0.25) is 0 Å². The predicted octanol–water partition coefficient (Wildman–Crippen LogP) is 3.32. The number of hydrogen-bond donors (Lipinski definition) is 3. The summed E-state index contributed by atoms with van der Waals surface area (Å²) in [4.78, 5) is 36.9. The van der Waals surface area contributed by atoms with Crippen LogP contribution in [-0.4, -0.2) is 39.8 Å². The molecule has 152 valence electrons. The average molecular weight is 373 g/mol. The van der Waals surface area contributed by atoms with Crippen LogP contribution in [0, 0.1) is 11.8 Å². The van der Waals surface area contributed by atoms with E-state index < -0.39 is 34.6 Å². The van der Waals surface area contributed by atoms with Crippen LogP contribution in [-0.2, 0) is 14.3 Å². The van der Waals surface area contributed by atoms with Crippen LogP contribution in [0.4, 0.5) is 4.79 Å². The zero-order chi connectivity index (χ0) is 20.9. The fourth-order valence-electron chi connectivity index (χ4n) is 2.94. The van der Waals surface area contributed by atoms with Crippen LogP contribution in [0.1, 0.15) is 75.2 Å². The van der Waals surface area contributed by atoms with Crippen molar-refractivity contribution >= 4 is 18.0 Å². The van der Waals surface area contributed by atoms with E-state index in [1.807, 2.05) is 27.7 Å². The van der Waals surface area contributed by atoms with Gasteiger partial charge in [-0.25, -0.2) is 9.59 Å². The maximum Gasteiger partial charge on any atom is 0.408 e. The molecule has 0 aliphatic heterocycles. The molecule has 0 unspecified atom stereocenters. The summed E-state index contributed by atoms with van der Waals surface area (Å²) in [7, 11) is 0. The normalized spacial score (nSPS) is 16.6. The molecule has 0 aliphatic rings. The molecule has 0 bridgehead atoms. The van der Waals surface area contributed by atoms with Gasteiger partial charge in [-0.1, -0.05) is 27.7 Å². The third-order valence-corrected chi connectivity index (χ3v) is 3.77. The lowest BCUT2D eigenvalue weighted by atomic mass is 9.86. The fourth-order valence-corrected chi connectivity index (χ4v) is 2.94. The van der Waals surface area contributed by atoms with E-state index in [1.165, 1.54) is 6.92 Å². The number of aliphatic carboxylic acids is 1. The van der Waals surface area contributed by atoms with Gasteiger partial charge in [-0.2, -0.15) is 0 Å². The van der Waals surface area contributed by atoms with Gasteiger partial charge in [0, 0.05) is 0 Å². The van der Waals surface area contributed by atoms with Gasteiger partial charge in [0.05, 0.1) is 0 Å². The Labute approximate surface area is 157 Å². The maximum atomic E-state index is 13.0. The van der Waals surface area contributed by atoms with Crippen LogP contribution in [0.5, 0.6) is 0 Å². The van der Waals surface area contributed by atoms with E-state index in [4.69, 9.17) is 4.74 Å². The molecule has 26 heavy (non-hydrogen) atoms. The fraction of sp³-hybridized carbons (Fsp3) is 0.842. The lowest BCUT2D eigenvalue weighted by Gasteiger charge is -2.36. The van der Waals surface area contributed by atoms with Crippen molar-refractivity contribution in [3.8, 4) is 0 Å². The summed E-state index contributed by atoms with van der Waals surface area (Å²) in [5.41, 5.74) is -3.41. The second kappa shape index (κ2) is 8.73. The van der Waals surface area contributed by atoms with Crippen molar-refractivity contribution in [3.63, 3.8) is 0 Å². The highest BCUT2D eigenvalue weighted by molar-refractivity contribution is 5.93. The molecule has 0 radical (unpaired) electrons. The minimum atomic E-state index is -1.42. The molecule has 2 atom stereocenters. The van der Waals surface area contributed by atoms with E-state index in [2.05, 4.69) is 10.6 Å². The van der Waals surface area contributed by atoms with Crippen LogP contribution in [0.25, 0.3) is 0 Å². The first-order valence-electron chi connectivity index (χ1n) is 9.08. The van der Waals surface area contributed by atoms with Crippen molar-refractivity contribution in [2.75, 3.05) is 0 Å². The number of carboxylic acids is 1. The number of alkyl carbamates (subject to hydrolysis) is 1. The highest BCUT2D eigenvalue weighted by Crippen LogP contribution is 2.22. The topological polar surface area (TPSA) is 105 Å². The SMILES string of the molecule is CC(C)C[C@@](C)(NC(=O)[C@@](C)(CC(C)C)NC(=O)OC(C)(C)C)C(=O)O. The number of nitrogens with one attached hydrogen (secondary N) is 2. The van der Waals surface area contributed by atoms with Gasteiger partial charge in [0.15, 0.2) is 0 Å². The molecule has 0 aromatic heterocycles. The van der Waals surface area contributed by atoms with Gasteiger partial charge in [0.25, 0.3) is 0 Å². The van der Waals surface area contributed by atoms with Gasteiger partial charge in [0.2, 0.25) is 5.91 Å². The third-order valence-electron chi connectivity index (χ3n) is 3.77. The van der Waals surface area contributed by atoms with E-state index in [0.29, 0.717) is 6.42 Å². The van der Waals surface area contributed by atoms with Crippen molar-refractivity contribution in [3.05, 3.63) is 0 Å². The Balaban J connectivity index is 5.53. The van der Waals surface area contributed by atoms with Crippen molar-refractivity contribution in [1.82, 2.24) is 10.6 Å². The minimum absolute atomic E-state index is 0.0755. The molecular weight excluding hydrogens is 336 g/mol. The van der Waals surface area contributed by atoms with Crippen molar-refractivity contribution < 1.29 is 24.2 Å². The number of carbonyl (C=O) groups excluding carboxylic acids is 2. The molecule has 0 aromatic rings. The van der Waals surface area contributed by atoms with Gasteiger partial charge >= 0.3 is 12.1 Å². The molecule has 0 aromatic carbocycles. The monoisotopic (exact) mass is 372 g/mol. The zero-order valence-electron chi connectivity index (χ0n) is 17.6. The number of amides is 2. The summed E-state index contributed by atoms with van der Waals surface area (Å²) in [6.07, 6.45) is -0.0926. The molecule has 0 aliphatic carbocycles. The molecule has 0 spiro atoms. The summed E-state index contributed by atoms with van der Waals surface area (Å²) in [6.45, 7) is 15.9. The first-order chi connectivity index (χ1) is 11.5. The van der Waals surface area contributed by atoms with Crippen LogP contribution in [0.15, 0.2) is 0 Å². The van der Waals surface area contributed by atoms with Crippen LogP contribution >= 0.6 is 0 Å². The van der Waals surface area contributed by atoms with E-state index in [0.717, 1.165) is 0 Å². The molecule has 7 nitrogen and oxygen atoms in total. The predicted molar refractivity (Wildman–Crippen MR) is 101 cm³/mol.